The van der Waals surface area contributed by atoms with Crippen LogP contribution in [0, 0.1) is 0 Å². The summed E-state index contributed by atoms with van der Waals surface area (Å²) in [6.07, 6.45) is 2.94. The molecule has 0 radical (unpaired) electrons. The fourth-order valence-corrected chi connectivity index (χ4v) is 3.43. The molecule has 0 spiro atoms. The number of rotatable bonds is 8. The van der Waals surface area contributed by atoms with Gasteiger partial charge in [-0.1, -0.05) is 19.8 Å². The Labute approximate surface area is 99.6 Å². The lowest BCUT2D eigenvalue weighted by molar-refractivity contribution is -0.142. The van der Waals surface area contributed by atoms with E-state index in [1.165, 1.54) is 20.0 Å². The summed E-state index contributed by atoms with van der Waals surface area (Å²) in [6, 6.07) is 0.609. The predicted molar refractivity (Wildman–Crippen MR) is 67.8 cm³/mol. The summed E-state index contributed by atoms with van der Waals surface area (Å²) in [6.45, 7) is 7.13. The van der Waals surface area contributed by atoms with Crippen molar-refractivity contribution < 1.29 is 14.0 Å². The second kappa shape index (κ2) is 7.81. The number of hydrogen-bond acceptors (Lipinski definition) is 4. The van der Waals surface area contributed by atoms with Crippen molar-refractivity contribution in [3.8, 4) is 0 Å². The Kier molecular flexibility index (Phi) is 7.62. The van der Waals surface area contributed by atoms with Crippen LogP contribution in [0.15, 0.2) is 0 Å². The number of carbonyl (C=O) groups excluding carboxylic acids is 1. The molecule has 0 aliphatic rings. The van der Waals surface area contributed by atoms with Gasteiger partial charge in [-0.05, 0) is 25.6 Å². The van der Waals surface area contributed by atoms with Crippen molar-refractivity contribution in [1.29, 1.82) is 0 Å². The summed E-state index contributed by atoms with van der Waals surface area (Å²) in [4.78, 5) is 11.0. The molecule has 0 aliphatic carbocycles. The molecule has 0 saturated heterocycles. The second-order valence-electron chi connectivity index (χ2n) is 4.63. The van der Waals surface area contributed by atoms with E-state index in [1.54, 1.807) is 0 Å². The summed E-state index contributed by atoms with van der Waals surface area (Å²) < 4.78 is 10.4. The average molecular weight is 247 g/mol. The van der Waals surface area contributed by atoms with Crippen molar-refractivity contribution in [3.63, 3.8) is 0 Å². The maximum Gasteiger partial charge on any atom is 0.322 e. The third kappa shape index (κ3) is 6.98. The van der Waals surface area contributed by atoms with Gasteiger partial charge in [0.25, 0.3) is 0 Å². The van der Waals surface area contributed by atoms with Gasteiger partial charge in [0.2, 0.25) is 0 Å². The predicted octanol–water partition coefficient (Wildman–Crippen LogP) is 1.90. The van der Waals surface area contributed by atoms with Crippen LogP contribution in [0.2, 0.25) is 19.1 Å². The lowest BCUT2D eigenvalue weighted by atomic mass is 10.2. The maximum absolute atomic E-state index is 11.0. The second-order valence-corrected chi connectivity index (χ2v) is 8.94. The zero-order chi connectivity index (χ0) is 12.6. The average Bonchev–Trinajstić information content (AvgIpc) is 2.24. The summed E-state index contributed by atoms with van der Waals surface area (Å²) in [5.41, 5.74) is 5.62. The molecule has 0 rings (SSSR count). The Morgan fingerprint density at radius 3 is 2.56 bits per heavy atom. The largest absolute Gasteiger partial charge is 0.468 e. The third-order valence-corrected chi connectivity index (χ3v) is 5.10. The van der Waals surface area contributed by atoms with Crippen molar-refractivity contribution in [2.45, 2.75) is 51.4 Å². The Bertz CT molecular complexity index is 209. The number of carbonyl (C=O) groups is 1. The molecule has 0 amide bonds. The highest BCUT2D eigenvalue weighted by Crippen LogP contribution is 2.15. The molecule has 0 unspecified atom stereocenters. The van der Waals surface area contributed by atoms with Crippen LogP contribution in [-0.2, 0) is 14.0 Å². The zero-order valence-electron chi connectivity index (χ0n) is 10.9. The van der Waals surface area contributed by atoms with Crippen LogP contribution in [0.4, 0.5) is 0 Å². The van der Waals surface area contributed by atoms with E-state index in [0.717, 1.165) is 6.04 Å². The van der Waals surface area contributed by atoms with Crippen molar-refractivity contribution in [2.24, 2.45) is 5.73 Å². The van der Waals surface area contributed by atoms with Crippen molar-refractivity contribution in [1.82, 2.24) is 0 Å². The molecule has 0 aliphatic heterocycles. The quantitative estimate of drug-likeness (QED) is 0.525. The molecule has 5 heteroatoms. The molecule has 0 saturated carbocycles. The van der Waals surface area contributed by atoms with E-state index in [2.05, 4.69) is 24.8 Å². The van der Waals surface area contributed by atoms with Crippen LogP contribution in [0.1, 0.15) is 26.2 Å². The smallest absolute Gasteiger partial charge is 0.322 e. The number of esters is 1. The summed E-state index contributed by atoms with van der Waals surface area (Å²) in [5, 5.41) is 0. The van der Waals surface area contributed by atoms with E-state index in [9.17, 15) is 4.79 Å². The highest BCUT2D eigenvalue weighted by atomic mass is 28.4. The van der Waals surface area contributed by atoms with Gasteiger partial charge in [0.1, 0.15) is 6.04 Å². The monoisotopic (exact) mass is 247 g/mol. The van der Waals surface area contributed by atoms with Crippen LogP contribution in [0.5, 0.6) is 0 Å². The van der Waals surface area contributed by atoms with E-state index in [1.807, 2.05) is 0 Å². The molecule has 0 aromatic carbocycles. The van der Waals surface area contributed by atoms with Crippen LogP contribution in [0.25, 0.3) is 0 Å². The van der Waals surface area contributed by atoms with E-state index in [-0.39, 0.29) is 5.97 Å². The highest BCUT2D eigenvalue weighted by molar-refractivity contribution is 6.71. The van der Waals surface area contributed by atoms with Gasteiger partial charge in [-0.2, -0.15) is 0 Å². The Hall–Kier alpha value is -0.393. The van der Waals surface area contributed by atoms with Crippen LogP contribution in [0.3, 0.4) is 0 Å². The summed E-state index contributed by atoms with van der Waals surface area (Å²) in [7, 11) is -0.194. The standard InChI is InChI=1S/C11H25NO3Si/c1-5-6-9-16(3,4)15-8-7-10(12)11(13)14-2/h10H,5-9,12H2,1-4H3/t10-/m0/s1. The van der Waals surface area contributed by atoms with Crippen molar-refractivity contribution in [2.75, 3.05) is 13.7 Å². The number of unbranched alkanes of at least 4 members (excludes halogenated alkanes) is 1. The summed E-state index contributed by atoms with van der Waals surface area (Å²) in [5.74, 6) is -0.364. The molecule has 0 heterocycles. The third-order valence-electron chi connectivity index (χ3n) is 2.56. The first-order chi connectivity index (χ1) is 7.43. The first-order valence-electron chi connectivity index (χ1n) is 5.90. The minimum absolute atomic E-state index is 0.364. The minimum Gasteiger partial charge on any atom is -0.468 e. The van der Waals surface area contributed by atoms with Gasteiger partial charge in [-0.25, -0.2) is 0 Å². The fraction of sp³-hybridized carbons (Fsp3) is 0.909. The molecule has 1 atom stereocenters. The topological polar surface area (TPSA) is 61.5 Å². The Morgan fingerprint density at radius 1 is 1.44 bits per heavy atom. The van der Waals surface area contributed by atoms with Gasteiger partial charge >= 0.3 is 5.97 Å². The van der Waals surface area contributed by atoms with E-state index < -0.39 is 14.4 Å². The minimum atomic E-state index is -1.54. The lowest BCUT2D eigenvalue weighted by Crippen LogP contribution is -2.36. The first-order valence-corrected chi connectivity index (χ1v) is 9.02. The lowest BCUT2D eigenvalue weighted by Gasteiger charge is -2.23. The zero-order valence-corrected chi connectivity index (χ0v) is 11.9. The van der Waals surface area contributed by atoms with Gasteiger partial charge in [0, 0.05) is 6.61 Å². The van der Waals surface area contributed by atoms with Crippen LogP contribution < -0.4 is 5.73 Å². The molecule has 0 aromatic heterocycles. The number of hydrogen-bond donors (Lipinski definition) is 1. The van der Waals surface area contributed by atoms with Crippen LogP contribution >= 0.6 is 0 Å². The van der Waals surface area contributed by atoms with Crippen molar-refractivity contribution >= 4 is 14.3 Å². The molecular formula is C11H25NO3Si. The maximum atomic E-state index is 11.0. The van der Waals surface area contributed by atoms with Gasteiger partial charge in [0.15, 0.2) is 8.32 Å². The number of nitrogens with two attached hydrogens (primary N) is 1. The van der Waals surface area contributed by atoms with E-state index >= 15 is 0 Å². The SMILES string of the molecule is CCCC[Si](C)(C)OCC[C@H](N)C(=O)OC. The van der Waals surface area contributed by atoms with Gasteiger partial charge < -0.3 is 14.9 Å². The first kappa shape index (κ1) is 15.6. The van der Waals surface area contributed by atoms with Crippen molar-refractivity contribution in [3.05, 3.63) is 0 Å². The van der Waals surface area contributed by atoms with Gasteiger partial charge in [-0.15, -0.1) is 0 Å². The van der Waals surface area contributed by atoms with Gasteiger partial charge in [0.05, 0.1) is 7.11 Å². The Balaban J connectivity index is 3.75. The normalized spacial score (nSPS) is 13.6. The Morgan fingerprint density at radius 2 is 2.06 bits per heavy atom. The fourth-order valence-electron chi connectivity index (χ4n) is 1.41. The molecule has 96 valence electrons. The molecule has 0 aromatic rings. The van der Waals surface area contributed by atoms with Crippen LogP contribution in [-0.4, -0.2) is 34.0 Å². The molecular weight excluding hydrogens is 222 g/mol. The van der Waals surface area contributed by atoms with Gasteiger partial charge in [-0.3, -0.25) is 4.79 Å². The molecule has 2 N–H and O–H groups in total. The molecule has 0 bridgehead atoms. The highest BCUT2D eigenvalue weighted by Gasteiger charge is 2.22. The molecule has 0 fully saturated rings. The van der Waals surface area contributed by atoms with E-state index in [0.29, 0.717) is 13.0 Å². The summed E-state index contributed by atoms with van der Waals surface area (Å²) >= 11 is 0. The number of ether oxygens (including phenoxy) is 1. The molecule has 16 heavy (non-hydrogen) atoms. The number of methoxy groups -OCH3 is 1. The molecule has 4 nitrogen and oxygen atoms in total. The van der Waals surface area contributed by atoms with E-state index in [4.69, 9.17) is 10.2 Å².